The van der Waals surface area contributed by atoms with Gasteiger partial charge in [-0.15, -0.1) is 10.2 Å². The van der Waals surface area contributed by atoms with Crippen LogP contribution >= 0.6 is 11.3 Å². The van der Waals surface area contributed by atoms with E-state index in [9.17, 15) is 4.79 Å². The fraction of sp³-hybridized carbons (Fsp3) is 0.667. The first-order valence-corrected chi connectivity index (χ1v) is 5.62. The Balaban J connectivity index is 2.08. The van der Waals surface area contributed by atoms with E-state index in [1.165, 1.54) is 18.4 Å². The number of carbonyl (C=O) groups excluding carboxylic acids is 1. The van der Waals surface area contributed by atoms with Crippen LogP contribution in [0.2, 0.25) is 0 Å². The van der Waals surface area contributed by atoms with Crippen molar-refractivity contribution >= 4 is 17.3 Å². The van der Waals surface area contributed by atoms with E-state index in [1.807, 2.05) is 0 Å². The van der Waals surface area contributed by atoms with E-state index in [2.05, 4.69) is 14.9 Å². The number of ether oxygens (including phenoxy) is 2. The Hall–Kier alpha value is -1.01. The van der Waals surface area contributed by atoms with Gasteiger partial charge in [0.2, 0.25) is 5.01 Å². The molecule has 1 saturated heterocycles. The van der Waals surface area contributed by atoms with Gasteiger partial charge in [-0.1, -0.05) is 11.3 Å². The quantitative estimate of drug-likeness (QED) is 0.712. The second-order valence-corrected chi connectivity index (χ2v) is 4.33. The highest BCUT2D eigenvalue weighted by atomic mass is 32.1. The van der Waals surface area contributed by atoms with Crippen LogP contribution in [0.15, 0.2) is 0 Å². The van der Waals surface area contributed by atoms with Crippen LogP contribution in [-0.4, -0.2) is 36.5 Å². The molecule has 82 valence electrons. The van der Waals surface area contributed by atoms with Gasteiger partial charge in [0.25, 0.3) is 0 Å². The third-order valence-electron chi connectivity index (χ3n) is 2.37. The van der Waals surface area contributed by atoms with Crippen LogP contribution in [0.3, 0.4) is 0 Å². The molecule has 0 N–H and O–H groups in total. The first-order chi connectivity index (χ1) is 7.31. The number of methoxy groups -OCH3 is 1. The summed E-state index contributed by atoms with van der Waals surface area (Å²) in [7, 11) is 1.35. The highest BCUT2D eigenvalue weighted by Gasteiger charge is 2.22. The third-order valence-corrected chi connectivity index (χ3v) is 3.44. The van der Waals surface area contributed by atoms with Crippen LogP contribution in [-0.2, 0) is 9.47 Å². The topological polar surface area (TPSA) is 61.3 Å². The van der Waals surface area contributed by atoms with Crippen LogP contribution in [0.1, 0.15) is 33.6 Å². The summed E-state index contributed by atoms with van der Waals surface area (Å²) >= 11 is 1.32. The monoisotopic (exact) mass is 228 g/mol. The Morgan fingerprint density at radius 2 is 2.20 bits per heavy atom. The van der Waals surface area contributed by atoms with Crippen LogP contribution in [0, 0.1) is 0 Å². The molecule has 2 heterocycles. The number of carbonyl (C=O) groups is 1. The molecule has 15 heavy (non-hydrogen) atoms. The summed E-state index contributed by atoms with van der Waals surface area (Å²) < 4.78 is 9.84. The molecular formula is C9H12N2O3S. The molecule has 0 spiro atoms. The number of hydrogen-bond acceptors (Lipinski definition) is 6. The van der Waals surface area contributed by atoms with E-state index in [1.54, 1.807) is 0 Å². The van der Waals surface area contributed by atoms with Gasteiger partial charge in [0.15, 0.2) is 0 Å². The Morgan fingerprint density at radius 3 is 2.87 bits per heavy atom. The summed E-state index contributed by atoms with van der Waals surface area (Å²) in [4.78, 5) is 11.2. The molecule has 1 fully saturated rings. The molecule has 5 nitrogen and oxygen atoms in total. The zero-order valence-corrected chi connectivity index (χ0v) is 9.25. The molecule has 6 heteroatoms. The Bertz CT molecular complexity index is 347. The van der Waals surface area contributed by atoms with E-state index in [4.69, 9.17) is 4.74 Å². The second kappa shape index (κ2) is 4.67. The van der Waals surface area contributed by atoms with E-state index in [-0.39, 0.29) is 0 Å². The molecule has 1 aliphatic heterocycles. The van der Waals surface area contributed by atoms with E-state index < -0.39 is 5.97 Å². The number of hydrogen-bond donors (Lipinski definition) is 0. The van der Waals surface area contributed by atoms with Crippen molar-refractivity contribution in [2.24, 2.45) is 0 Å². The minimum atomic E-state index is -0.411. The fourth-order valence-electron chi connectivity index (χ4n) is 1.51. The van der Waals surface area contributed by atoms with Gasteiger partial charge >= 0.3 is 5.97 Å². The van der Waals surface area contributed by atoms with Crippen LogP contribution in [0.4, 0.5) is 0 Å². The first kappa shape index (κ1) is 10.5. The summed E-state index contributed by atoms with van der Waals surface area (Å²) in [6, 6.07) is 0. The summed E-state index contributed by atoms with van der Waals surface area (Å²) in [6.07, 6.45) is 1.91. The van der Waals surface area contributed by atoms with Crippen molar-refractivity contribution < 1.29 is 14.3 Å². The van der Waals surface area contributed by atoms with Crippen molar-refractivity contribution in [2.45, 2.75) is 18.8 Å². The zero-order chi connectivity index (χ0) is 10.7. The molecule has 1 aromatic rings. The van der Waals surface area contributed by atoms with Crippen LogP contribution in [0.5, 0.6) is 0 Å². The van der Waals surface area contributed by atoms with Crippen molar-refractivity contribution in [2.75, 3.05) is 20.3 Å². The lowest BCUT2D eigenvalue weighted by molar-refractivity contribution is 0.0599. The summed E-state index contributed by atoms with van der Waals surface area (Å²) in [5.74, 6) is -0.0273. The average Bonchev–Trinajstić information content (AvgIpc) is 2.78. The predicted octanol–water partition coefficient (Wildman–Crippen LogP) is 1.22. The molecule has 0 bridgehead atoms. The molecule has 2 rings (SSSR count). The number of rotatable bonds is 2. The summed E-state index contributed by atoms with van der Waals surface area (Å²) in [5.41, 5.74) is 0. The van der Waals surface area contributed by atoms with E-state index >= 15 is 0 Å². The van der Waals surface area contributed by atoms with Gasteiger partial charge in [0.05, 0.1) is 7.11 Å². The van der Waals surface area contributed by atoms with Crippen molar-refractivity contribution in [1.82, 2.24) is 10.2 Å². The first-order valence-electron chi connectivity index (χ1n) is 4.80. The lowest BCUT2D eigenvalue weighted by Crippen LogP contribution is -2.13. The van der Waals surface area contributed by atoms with Crippen molar-refractivity contribution in [3.05, 3.63) is 10.0 Å². The van der Waals surface area contributed by atoms with E-state index in [0.717, 1.165) is 31.1 Å². The standard InChI is InChI=1S/C9H12N2O3S/c1-13-9(12)8-11-10-7(15-8)6-2-4-14-5-3-6/h6H,2-5H2,1H3. The Kier molecular flexibility index (Phi) is 3.27. The number of nitrogens with zero attached hydrogens (tertiary/aromatic N) is 2. The molecule has 1 aliphatic rings. The average molecular weight is 228 g/mol. The van der Waals surface area contributed by atoms with Gasteiger partial charge in [-0.25, -0.2) is 4.79 Å². The highest BCUT2D eigenvalue weighted by Crippen LogP contribution is 2.29. The normalized spacial score (nSPS) is 17.7. The minimum absolute atomic E-state index is 0.332. The van der Waals surface area contributed by atoms with Crippen molar-refractivity contribution in [3.8, 4) is 0 Å². The molecule has 0 aliphatic carbocycles. The third kappa shape index (κ3) is 2.32. The Morgan fingerprint density at radius 1 is 1.47 bits per heavy atom. The Labute approximate surface area is 91.4 Å². The van der Waals surface area contributed by atoms with Gasteiger partial charge in [-0.3, -0.25) is 0 Å². The highest BCUT2D eigenvalue weighted by molar-refractivity contribution is 7.13. The van der Waals surface area contributed by atoms with Gasteiger partial charge in [0, 0.05) is 19.1 Å². The smallest absolute Gasteiger partial charge is 0.369 e. The minimum Gasteiger partial charge on any atom is -0.464 e. The largest absolute Gasteiger partial charge is 0.464 e. The summed E-state index contributed by atoms with van der Waals surface area (Å²) in [6.45, 7) is 1.52. The number of esters is 1. The lowest BCUT2D eigenvalue weighted by atomic mass is 10.0. The fourth-order valence-corrected chi connectivity index (χ4v) is 2.44. The second-order valence-electron chi connectivity index (χ2n) is 3.32. The van der Waals surface area contributed by atoms with Gasteiger partial charge in [-0.05, 0) is 12.8 Å². The maximum atomic E-state index is 11.2. The van der Waals surface area contributed by atoms with Crippen LogP contribution in [0.25, 0.3) is 0 Å². The molecule has 0 amide bonds. The molecule has 0 saturated carbocycles. The molecule has 0 atom stereocenters. The van der Waals surface area contributed by atoms with Gasteiger partial charge in [0.1, 0.15) is 5.01 Å². The van der Waals surface area contributed by atoms with E-state index in [0.29, 0.717) is 10.9 Å². The van der Waals surface area contributed by atoms with Crippen LogP contribution < -0.4 is 0 Å². The molecular weight excluding hydrogens is 216 g/mol. The molecule has 0 radical (unpaired) electrons. The summed E-state index contributed by atoms with van der Waals surface area (Å²) in [5, 5.41) is 9.08. The zero-order valence-electron chi connectivity index (χ0n) is 8.43. The van der Waals surface area contributed by atoms with Crippen molar-refractivity contribution in [3.63, 3.8) is 0 Å². The SMILES string of the molecule is COC(=O)c1nnc(C2CCOCC2)s1. The molecule has 0 aromatic carbocycles. The maximum absolute atomic E-state index is 11.2. The number of aromatic nitrogens is 2. The van der Waals surface area contributed by atoms with Crippen molar-refractivity contribution in [1.29, 1.82) is 0 Å². The van der Waals surface area contributed by atoms with Gasteiger partial charge < -0.3 is 9.47 Å². The van der Waals surface area contributed by atoms with Gasteiger partial charge in [-0.2, -0.15) is 0 Å². The maximum Gasteiger partial charge on any atom is 0.369 e. The lowest BCUT2D eigenvalue weighted by Gasteiger charge is -2.18. The predicted molar refractivity (Wildman–Crippen MR) is 54.0 cm³/mol. The molecule has 0 unspecified atom stereocenters. The molecule has 1 aromatic heterocycles.